The van der Waals surface area contributed by atoms with Gasteiger partial charge in [-0.3, -0.25) is 9.78 Å². The number of carbonyl (C=O) groups is 1. The second-order valence-electron chi connectivity index (χ2n) is 6.00. The molecule has 21 heavy (non-hydrogen) atoms. The molecule has 0 spiro atoms. The van der Waals surface area contributed by atoms with E-state index >= 15 is 0 Å². The molecule has 1 N–H and O–H groups in total. The highest BCUT2D eigenvalue weighted by atomic mass is 16.2. The second kappa shape index (κ2) is 7.55. The van der Waals surface area contributed by atoms with Crippen molar-refractivity contribution < 1.29 is 4.79 Å². The molecule has 0 aliphatic carbocycles. The van der Waals surface area contributed by atoms with Crippen molar-refractivity contribution in [3.05, 3.63) is 29.6 Å². The van der Waals surface area contributed by atoms with Crippen LogP contribution in [0.2, 0.25) is 0 Å². The molecule has 4 nitrogen and oxygen atoms in total. The van der Waals surface area contributed by atoms with E-state index in [1.807, 2.05) is 17.2 Å². The van der Waals surface area contributed by atoms with Crippen molar-refractivity contribution in [1.29, 1.82) is 0 Å². The number of aromatic nitrogens is 1. The van der Waals surface area contributed by atoms with Crippen LogP contribution >= 0.6 is 0 Å². The third-order valence-electron chi connectivity index (χ3n) is 4.26. The Kier molecular flexibility index (Phi) is 5.74. The van der Waals surface area contributed by atoms with Crippen molar-refractivity contribution in [1.82, 2.24) is 15.2 Å². The van der Waals surface area contributed by atoms with Crippen molar-refractivity contribution in [2.24, 2.45) is 0 Å². The predicted molar refractivity (Wildman–Crippen MR) is 85.0 cm³/mol. The Hall–Kier alpha value is -1.42. The van der Waals surface area contributed by atoms with Gasteiger partial charge in [-0.1, -0.05) is 13.0 Å². The van der Waals surface area contributed by atoms with Crippen molar-refractivity contribution in [3.63, 3.8) is 0 Å². The minimum Gasteiger partial charge on any atom is -0.343 e. The number of hydrogen-bond donors (Lipinski definition) is 1. The monoisotopic (exact) mass is 289 g/mol. The zero-order chi connectivity index (χ0) is 15.2. The van der Waals surface area contributed by atoms with Gasteiger partial charge in [-0.05, 0) is 44.7 Å². The number of piperidine rings is 1. The molecule has 0 unspecified atom stereocenters. The van der Waals surface area contributed by atoms with Gasteiger partial charge in [0, 0.05) is 37.8 Å². The van der Waals surface area contributed by atoms with E-state index < -0.39 is 0 Å². The smallest absolute Gasteiger partial charge is 0.222 e. The largest absolute Gasteiger partial charge is 0.343 e. The summed E-state index contributed by atoms with van der Waals surface area (Å²) in [5.41, 5.74) is 2.36. The maximum absolute atomic E-state index is 11.9. The molecule has 1 fully saturated rings. The molecule has 4 heteroatoms. The lowest BCUT2D eigenvalue weighted by Crippen LogP contribution is -2.45. The summed E-state index contributed by atoms with van der Waals surface area (Å²) in [6.45, 7) is 8.09. The Labute approximate surface area is 127 Å². The van der Waals surface area contributed by atoms with Crippen molar-refractivity contribution in [2.45, 2.75) is 58.5 Å². The summed E-state index contributed by atoms with van der Waals surface area (Å²) in [6, 6.07) is 4.82. The van der Waals surface area contributed by atoms with Crippen molar-refractivity contribution in [2.75, 3.05) is 13.1 Å². The summed E-state index contributed by atoms with van der Waals surface area (Å²) in [6.07, 6.45) is 5.54. The van der Waals surface area contributed by atoms with Gasteiger partial charge in [0.25, 0.3) is 0 Å². The average Bonchev–Trinajstić information content (AvgIpc) is 2.48. The normalized spacial score (nSPS) is 17.8. The molecule has 1 amide bonds. The van der Waals surface area contributed by atoms with Crippen molar-refractivity contribution in [3.8, 4) is 0 Å². The highest BCUT2D eigenvalue weighted by molar-refractivity contribution is 5.76. The van der Waals surface area contributed by atoms with Gasteiger partial charge in [-0.25, -0.2) is 0 Å². The third kappa shape index (κ3) is 4.27. The fourth-order valence-electron chi connectivity index (χ4n) is 3.05. The molecule has 1 aliphatic rings. The van der Waals surface area contributed by atoms with E-state index in [4.69, 9.17) is 0 Å². The summed E-state index contributed by atoms with van der Waals surface area (Å²) in [5.74, 6) is 0.310. The molecule has 2 rings (SSSR count). The van der Waals surface area contributed by atoms with Crippen LogP contribution in [0.25, 0.3) is 0 Å². The molecule has 1 aromatic rings. The zero-order valence-electron chi connectivity index (χ0n) is 13.4. The molecule has 2 heterocycles. The topological polar surface area (TPSA) is 45.2 Å². The van der Waals surface area contributed by atoms with Gasteiger partial charge in [0.1, 0.15) is 0 Å². The maximum atomic E-state index is 11.9. The van der Waals surface area contributed by atoms with E-state index in [0.717, 1.165) is 38.0 Å². The SMILES string of the molecule is CCCC(=O)N1CCC(N[C@H](C)c2ncccc2C)CC1. The van der Waals surface area contributed by atoms with Crippen LogP contribution in [0, 0.1) is 6.92 Å². The summed E-state index contributed by atoms with van der Waals surface area (Å²) in [4.78, 5) is 18.4. The summed E-state index contributed by atoms with van der Waals surface area (Å²) >= 11 is 0. The van der Waals surface area contributed by atoms with Gasteiger partial charge in [-0.15, -0.1) is 0 Å². The Morgan fingerprint density at radius 3 is 2.81 bits per heavy atom. The van der Waals surface area contributed by atoms with Gasteiger partial charge in [-0.2, -0.15) is 0 Å². The van der Waals surface area contributed by atoms with Crippen molar-refractivity contribution >= 4 is 5.91 Å². The van der Waals surface area contributed by atoms with E-state index in [0.29, 0.717) is 18.4 Å². The van der Waals surface area contributed by atoms with Crippen LogP contribution in [0.1, 0.15) is 56.8 Å². The van der Waals surface area contributed by atoms with Crippen LogP contribution in [0.4, 0.5) is 0 Å². The van der Waals surface area contributed by atoms with Crippen LogP contribution in [0.5, 0.6) is 0 Å². The van der Waals surface area contributed by atoms with Crippen LogP contribution in [-0.4, -0.2) is 34.9 Å². The van der Waals surface area contributed by atoms with Gasteiger partial charge < -0.3 is 10.2 Å². The highest BCUT2D eigenvalue weighted by Gasteiger charge is 2.23. The Balaban J connectivity index is 1.83. The molecule has 1 aliphatic heterocycles. The number of pyridine rings is 1. The molecule has 0 saturated carbocycles. The van der Waals surface area contributed by atoms with E-state index in [1.54, 1.807) is 0 Å². The minimum absolute atomic E-state index is 0.258. The standard InChI is InChI=1S/C17H27N3O/c1-4-6-16(21)20-11-8-15(9-12-20)19-14(3)17-13(2)7-5-10-18-17/h5,7,10,14-15,19H,4,6,8-9,11-12H2,1-3H3/t14-/m1/s1. The molecule has 0 radical (unpaired) electrons. The first-order valence-corrected chi connectivity index (χ1v) is 8.07. The van der Waals surface area contributed by atoms with Gasteiger partial charge in [0.05, 0.1) is 5.69 Å². The van der Waals surface area contributed by atoms with Crippen LogP contribution in [0.15, 0.2) is 18.3 Å². The van der Waals surface area contributed by atoms with E-state index in [2.05, 4.69) is 37.1 Å². The lowest BCUT2D eigenvalue weighted by molar-refractivity contribution is -0.132. The van der Waals surface area contributed by atoms with Gasteiger partial charge >= 0.3 is 0 Å². The number of carbonyl (C=O) groups excluding carboxylic acids is 1. The maximum Gasteiger partial charge on any atom is 0.222 e. The summed E-state index contributed by atoms with van der Waals surface area (Å²) in [5, 5.41) is 3.67. The predicted octanol–water partition coefficient (Wildman–Crippen LogP) is 2.83. The van der Waals surface area contributed by atoms with Gasteiger partial charge in [0.2, 0.25) is 5.91 Å². The molecular formula is C17H27N3O. The second-order valence-corrected chi connectivity index (χ2v) is 6.00. The van der Waals surface area contributed by atoms with Crippen LogP contribution in [0.3, 0.4) is 0 Å². The lowest BCUT2D eigenvalue weighted by Gasteiger charge is -2.34. The molecule has 0 aromatic carbocycles. The Morgan fingerprint density at radius 2 is 2.19 bits per heavy atom. The molecule has 116 valence electrons. The number of nitrogens with zero attached hydrogens (tertiary/aromatic N) is 2. The Bertz CT molecular complexity index is 467. The van der Waals surface area contributed by atoms with E-state index in [1.165, 1.54) is 5.56 Å². The molecule has 1 saturated heterocycles. The number of hydrogen-bond acceptors (Lipinski definition) is 3. The molecule has 0 bridgehead atoms. The highest BCUT2D eigenvalue weighted by Crippen LogP contribution is 2.18. The number of likely N-dealkylation sites (tertiary alicyclic amines) is 1. The average molecular weight is 289 g/mol. The molecule has 1 atom stereocenters. The third-order valence-corrected chi connectivity index (χ3v) is 4.26. The first-order valence-electron chi connectivity index (χ1n) is 8.07. The number of nitrogens with one attached hydrogen (secondary N) is 1. The fraction of sp³-hybridized carbons (Fsp3) is 0.647. The minimum atomic E-state index is 0.258. The summed E-state index contributed by atoms with van der Waals surface area (Å²) < 4.78 is 0. The van der Waals surface area contributed by atoms with E-state index in [-0.39, 0.29) is 6.04 Å². The molecular weight excluding hydrogens is 262 g/mol. The first kappa shape index (κ1) is 16.0. The van der Waals surface area contributed by atoms with Crippen LogP contribution < -0.4 is 5.32 Å². The lowest BCUT2D eigenvalue weighted by atomic mass is 10.0. The quantitative estimate of drug-likeness (QED) is 0.906. The Morgan fingerprint density at radius 1 is 1.48 bits per heavy atom. The summed E-state index contributed by atoms with van der Waals surface area (Å²) in [7, 11) is 0. The first-order chi connectivity index (χ1) is 10.1. The number of amides is 1. The number of rotatable bonds is 5. The number of aryl methyl sites for hydroxylation is 1. The van der Waals surface area contributed by atoms with Crippen LogP contribution in [-0.2, 0) is 4.79 Å². The van der Waals surface area contributed by atoms with E-state index in [9.17, 15) is 4.79 Å². The zero-order valence-corrected chi connectivity index (χ0v) is 13.4. The fourth-order valence-corrected chi connectivity index (χ4v) is 3.05. The van der Waals surface area contributed by atoms with Gasteiger partial charge in [0.15, 0.2) is 0 Å². The molecule has 1 aromatic heterocycles.